The Hall–Kier alpha value is -3.26. The van der Waals surface area contributed by atoms with Crippen molar-refractivity contribution in [2.24, 2.45) is 0 Å². The number of carbonyl (C=O) groups excluding carboxylic acids is 1. The summed E-state index contributed by atoms with van der Waals surface area (Å²) in [6.07, 6.45) is 2.83. The van der Waals surface area contributed by atoms with E-state index in [1.165, 1.54) is 24.5 Å². The summed E-state index contributed by atoms with van der Waals surface area (Å²) in [5.41, 5.74) is 2.81. The molecule has 4 rings (SSSR count). The number of halogens is 2. The molecule has 200 valence electrons. The van der Waals surface area contributed by atoms with E-state index in [0.717, 1.165) is 28.8 Å². The molecule has 1 aromatic carbocycles. The first-order valence-electron chi connectivity index (χ1n) is 12.2. The fourth-order valence-corrected chi connectivity index (χ4v) is 5.30. The number of aryl methyl sites for hydroxylation is 1. The molecular formula is C27H29ClFN5O3S. The fourth-order valence-electron chi connectivity index (χ4n) is 4.03. The third kappa shape index (κ3) is 6.41. The van der Waals surface area contributed by atoms with Gasteiger partial charge in [-0.15, -0.1) is 21.5 Å². The van der Waals surface area contributed by atoms with Crippen LogP contribution in [-0.4, -0.2) is 67.0 Å². The second kappa shape index (κ2) is 12.5. The van der Waals surface area contributed by atoms with Crippen LogP contribution in [0.15, 0.2) is 18.2 Å². The lowest BCUT2D eigenvalue weighted by Gasteiger charge is -2.28. The summed E-state index contributed by atoms with van der Waals surface area (Å²) in [6, 6.07) is 4.69. The number of hydrogen-bond donors (Lipinski definition) is 0. The Labute approximate surface area is 230 Å². The van der Waals surface area contributed by atoms with Gasteiger partial charge in [0.25, 0.3) is 0 Å². The first kappa shape index (κ1) is 27.8. The van der Waals surface area contributed by atoms with E-state index < -0.39 is 11.8 Å². The average Bonchev–Trinajstić information content (AvgIpc) is 3.33. The van der Waals surface area contributed by atoms with Gasteiger partial charge >= 0.3 is 5.97 Å². The van der Waals surface area contributed by atoms with Crippen molar-refractivity contribution in [3.8, 4) is 17.6 Å². The van der Waals surface area contributed by atoms with Gasteiger partial charge in [-0.2, -0.15) is 0 Å². The Balaban J connectivity index is 1.44. The first-order chi connectivity index (χ1) is 18.3. The highest BCUT2D eigenvalue weighted by Crippen LogP contribution is 2.38. The minimum atomic E-state index is -0.504. The van der Waals surface area contributed by atoms with Gasteiger partial charge in [-0.25, -0.2) is 14.2 Å². The molecule has 0 amide bonds. The smallest absolute Gasteiger partial charge is 0.357 e. The molecule has 0 saturated carbocycles. The lowest BCUT2D eigenvalue weighted by molar-refractivity contribution is 0.0593. The number of rotatable bonds is 8. The van der Waals surface area contributed by atoms with Gasteiger partial charge in [-0.05, 0) is 70.5 Å². The minimum absolute atomic E-state index is 0.166. The third-order valence-corrected chi connectivity index (χ3v) is 7.49. The van der Waals surface area contributed by atoms with E-state index in [2.05, 4.69) is 27.0 Å². The summed E-state index contributed by atoms with van der Waals surface area (Å²) in [5, 5.41) is 9.43. The molecule has 3 heterocycles. The van der Waals surface area contributed by atoms with Gasteiger partial charge in [-0.1, -0.05) is 23.4 Å². The highest BCUT2D eigenvalue weighted by Gasteiger charge is 2.28. The first-order valence-corrected chi connectivity index (χ1v) is 13.4. The lowest BCUT2D eigenvalue weighted by Crippen LogP contribution is -2.27. The lowest BCUT2D eigenvalue weighted by atomic mass is 10.0. The van der Waals surface area contributed by atoms with Crippen molar-refractivity contribution in [1.29, 1.82) is 0 Å². The molecule has 0 atom stereocenters. The number of anilines is 2. The molecule has 0 aliphatic carbocycles. The summed E-state index contributed by atoms with van der Waals surface area (Å²) in [6.45, 7) is 3.50. The minimum Gasteiger partial charge on any atom is -0.491 e. The topological polar surface area (TPSA) is 80.7 Å². The molecule has 3 aromatic rings. The molecule has 0 saturated heterocycles. The van der Waals surface area contributed by atoms with Crippen molar-refractivity contribution < 1.29 is 18.7 Å². The largest absolute Gasteiger partial charge is 0.491 e. The molecule has 0 fully saturated rings. The molecule has 1 aliphatic rings. The molecule has 1 aliphatic heterocycles. The van der Waals surface area contributed by atoms with E-state index in [1.54, 1.807) is 12.1 Å². The Morgan fingerprint density at radius 1 is 1.32 bits per heavy atom. The monoisotopic (exact) mass is 557 g/mol. The number of thiazole rings is 1. The molecule has 11 heteroatoms. The van der Waals surface area contributed by atoms with E-state index in [1.807, 2.05) is 30.8 Å². The molecule has 8 nitrogen and oxygen atoms in total. The second-order valence-electron chi connectivity index (χ2n) is 9.07. The number of fused-ring (bicyclic) bond motifs is 1. The van der Waals surface area contributed by atoms with Crippen LogP contribution in [0.4, 0.5) is 15.3 Å². The number of nitrogens with zero attached hydrogens (tertiary/aromatic N) is 5. The van der Waals surface area contributed by atoms with E-state index in [-0.39, 0.29) is 18.1 Å². The van der Waals surface area contributed by atoms with Crippen LogP contribution in [0.1, 0.15) is 44.9 Å². The predicted molar refractivity (Wildman–Crippen MR) is 146 cm³/mol. The Kier molecular flexibility index (Phi) is 9.15. The van der Waals surface area contributed by atoms with E-state index >= 15 is 0 Å². The number of methoxy groups -OCH3 is 1. The summed E-state index contributed by atoms with van der Waals surface area (Å²) >= 11 is 7.59. The van der Waals surface area contributed by atoms with Crippen LogP contribution in [0.3, 0.4) is 0 Å². The molecule has 2 aromatic heterocycles. The van der Waals surface area contributed by atoms with Crippen LogP contribution >= 0.6 is 22.9 Å². The molecule has 0 radical (unpaired) electrons. The maximum Gasteiger partial charge on any atom is 0.357 e. The van der Waals surface area contributed by atoms with Crippen molar-refractivity contribution in [2.75, 3.05) is 45.8 Å². The number of carbonyl (C=O) groups is 1. The molecule has 0 bridgehead atoms. The van der Waals surface area contributed by atoms with Gasteiger partial charge in [0.1, 0.15) is 0 Å². The van der Waals surface area contributed by atoms with Crippen LogP contribution in [0.25, 0.3) is 0 Å². The van der Waals surface area contributed by atoms with Crippen molar-refractivity contribution in [1.82, 2.24) is 20.1 Å². The SMILES string of the molecule is COC(=O)c1nc(N2CCCc3c2nnc(Cl)c3C)sc1CCCOc1ccc(C#CCN(C)C)cc1F. The van der Waals surface area contributed by atoms with E-state index in [0.29, 0.717) is 47.6 Å². The number of hydrogen-bond acceptors (Lipinski definition) is 9. The van der Waals surface area contributed by atoms with Gasteiger partial charge in [-0.3, -0.25) is 4.90 Å². The van der Waals surface area contributed by atoms with Gasteiger partial charge in [0, 0.05) is 22.5 Å². The van der Waals surface area contributed by atoms with Crippen LogP contribution in [0.5, 0.6) is 5.75 Å². The Morgan fingerprint density at radius 3 is 2.87 bits per heavy atom. The number of ether oxygens (including phenoxy) is 2. The van der Waals surface area contributed by atoms with Gasteiger partial charge in [0.05, 0.1) is 20.3 Å². The van der Waals surface area contributed by atoms with Crippen LogP contribution in [0, 0.1) is 24.6 Å². The molecule has 0 unspecified atom stereocenters. The maximum atomic E-state index is 14.5. The zero-order chi connectivity index (χ0) is 27.2. The fraction of sp³-hybridized carbons (Fsp3) is 0.407. The highest BCUT2D eigenvalue weighted by atomic mass is 35.5. The van der Waals surface area contributed by atoms with Gasteiger partial charge < -0.3 is 14.4 Å². The quantitative estimate of drug-likeness (QED) is 0.221. The van der Waals surface area contributed by atoms with Gasteiger partial charge in [0.15, 0.2) is 33.4 Å². The Morgan fingerprint density at radius 2 is 2.13 bits per heavy atom. The third-order valence-electron chi connectivity index (χ3n) is 5.99. The zero-order valence-corrected chi connectivity index (χ0v) is 23.4. The van der Waals surface area contributed by atoms with Crippen LogP contribution in [0.2, 0.25) is 5.15 Å². The summed E-state index contributed by atoms with van der Waals surface area (Å²) in [4.78, 5) is 21.8. The molecule has 38 heavy (non-hydrogen) atoms. The normalized spacial score (nSPS) is 12.7. The van der Waals surface area contributed by atoms with Crippen molar-refractivity contribution in [3.63, 3.8) is 0 Å². The number of aromatic nitrogens is 3. The Bertz CT molecular complexity index is 1390. The zero-order valence-electron chi connectivity index (χ0n) is 21.8. The van der Waals surface area contributed by atoms with Crippen LogP contribution in [-0.2, 0) is 17.6 Å². The maximum absolute atomic E-state index is 14.5. The highest BCUT2D eigenvalue weighted by molar-refractivity contribution is 7.16. The number of esters is 1. The van der Waals surface area contributed by atoms with E-state index in [9.17, 15) is 9.18 Å². The standard InChI is InChI=1S/C27H29ClFN5O3S/c1-17-19-9-6-14-34(25(19)32-31-24(17)28)27-30-23(26(35)36-4)22(38-27)10-7-15-37-21-12-11-18(16-20(21)29)8-5-13-33(2)3/h11-12,16H,6-7,9-10,13-15H2,1-4H3. The van der Waals surface area contributed by atoms with E-state index in [4.69, 9.17) is 21.1 Å². The van der Waals surface area contributed by atoms with Crippen molar-refractivity contribution >= 4 is 39.9 Å². The predicted octanol–water partition coefficient (Wildman–Crippen LogP) is 4.83. The second-order valence-corrected chi connectivity index (χ2v) is 10.5. The summed E-state index contributed by atoms with van der Waals surface area (Å²) < 4.78 is 25.1. The van der Waals surface area contributed by atoms with Crippen molar-refractivity contribution in [3.05, 3.63) is 56.4 Å². The van der Waals surface area contributed by atoms with Crippen LogP contribution < -0.4 is 9.64 Å². The van der Waals surface area contributed by atoms with Gasteiger partial charge in [0.2, 0.25) is 0 Å². The summed E-state index contributed by atoms with van der Waals surface area (Å²) in [5.74, 6) is 5.84. The molecular weight excluding hydrogens is 529 g/mol. The molecule has 0 N–H and O–H groups in total. The molecule has 0 spiro atoms. The number of benzene rings is 1. The van der Waals surface area contributed by atoms with Crippen molar-refractivity contribution in [2.45, 2.75) is 32.6 Å². The average molecular weight is 558 g/mol. The summed E-state index contributed by atoms with van der Waals surface area (Å²) in [7, 11) is 5.18.